The number of amides is 1. The summed E-state index contributed by atoms with van der Waals surface area (Å²) in [5, 5.41) is 20.7. The molecule has 3 aliphatic rings. The molecule has 6 nitrogen and oxygen atoms in total. The molecule has 1 unspecified atom stereocenters. The van der Waals surface area contributed by atoms with Crippen molar-refractivity contribution >= 4 is 23.2 Å². The zero-order chi connectivity index (χ0) is 24.0. The normalized spacial score (nSPS) is 27.8. The maximum absolute atomic E-state index is 13.0. The van der Waals surface area contributed by atoms with Gasteiger partial charge in [-0.15, -0.1) is 0 Å². The number of aliphatic hydroxyl groups is 2. The predicted octanol–water partition coefficient (Wildman–Crippen LogP) is 3.34. The van der Waals surface area contributed by atoms with Gasteiger partial charge < -0.3 is 20.0 Å². The van der Waals surface area contributed by atoms with Gasteiger partial charge in [-0.25, -0.2) is 0 Å². The largest absolute Gasteiger partial charge is 0.417 e. The summed E-state index contributed by atoms with van der Waals surface area (Å²) in [6.45, 7) is 4.50. The third-order valence-electron chi connectivity index (χ3n) is 7.58. The summed E-state index contributed by atoms with van der Waals surface area (Å²) in [6, 6.07) is 3.29. The Hall–Kier alpha value is -1.55. The first kappa shape index (κ1) is 24.6. The number of anilines is 1. The molecular formula is C23H31ClF3N3O3. The molecule has 0 bridgehead atoms. The summed E-state index contributed by atoms with van der Waals surface area (Å²) in [4.78, 5) is 18.1. The molecule has 4 rings (SSSR count). The molecular weight excluding hydrogens is 459 g/mol. The molecule has 1 aromatic rings. The number of likely N-dealkylation sites (tertiary alicyclic amines) is 1. The highest BCUT2D eigenvalue weighted by Gasteiger charge is 2.51. The van der Waals surface area contributed by atoms with Crippen LogP contribution in [0.3, 0.4) is 0 Å². The average Bonchev–Trinajstić information content (AvgIpc) is 3.53. The SMILES string of the molecule is C[C@@H]1C(O)N(CCCC(=O)N2CCC3(CC3)[C@H](O)C2)CCN1c1ccc(C(F)(F)F)c(Cl)c1. The smallest absolute Gasteiger partial charge is 0.391 e. The van der Waals surface area contributed by atoms with Crippen molar-refractivity contribution in [3.8, 4) is 0 Å². The quantitative estimate of drug-likeness (QED) is 0.664. The molecule has 2 aliphatic heterocycles. The molecule has 2 N–H and O–H groups in total. The molecule has 3 fully saturated rings. The highest BCUT2D eigenvalue weighted by atomic mass is 35.5. The number of hydrogen-bond acceptors (Lipinski definition) is 5. The minimum absolute atomic E-state index is 0.0325. The van der Waals surface area contributed by atoms with E-state index in [0.717, 1.165) is 25.3 Å². The second kappa shape index (κ2) is 9.24. The van der Waals surface area contributed by atoms with Gasteiger partial charge in [0.15, 0.2) is 0 Å². The van der Waals surface area contributed by atoms with Gasteiger partial charge >= 0.3 is 6.18 Å². The topological polar surface area (TPSA) is 67.2 Å². The molecule has 1 spiro atoms. The molecule has 0 radical (unpaired) electrons. The number of nitrogens with zero attached hydrogens (tertiary/aromatic N) is 3. The van der Waals surface area contributed by atoms with Crippen LogP contribution < -0.4 is 4.90 Å². The van der Waals surface area contributed by atoms with Crippen LogP contribution in [0.15, 0.2) is 18.2 Å². The van der Waals surface area contributed by atoms with Crippen molar-refractivity contribution in [2.24, 2.45) is 5.41 Å². The van der Waals surface area contributed by atoms with Gasteiger partial charge in [0.25, 0.3) is 0 Å². The number of rotatable bonds is 5. The lowest BCUT2D eigenvalue weighted by molar-refractivity contribution is -0.137. The fourth-order valence-corrected chi connectivity index (χ4v) is 5.42. The Morgan fingerprint density at radius 1 is 1.18 bits per heavy atom. The van der Waals surface area contributed by atoms with Crippen LogP contribution in [0, 0.1) is 5.41 Å². The van der Waals surface area contributed by atoms with E-state index < -0.39 is 24.1 Å². The zero-order valence-electron chi connectivity index (χ0n) is 18.7. The number of carbonyl (C=O) groups excluding carboxylic acids is 1. The van der Waals surface area contributed by atoms with E-state index in [2.05, 4.69) is 0 Å². The standard InChI is InChI=1S/C23H31ClF3N3O3/c1-15-21(33)28(9-2-3-20(32)29-10-8-22(6-7-22)19(31)14-29)11-12-30(15)16-4-5-17(18(24)13-16)23(25,26)27/h4-5,13,15,19,21,31,33H,2-3,6-12,14H2,1H3/t15-,19-,21?/m1/s1. The molecule has 2 heterocycles. The van der Waals surface area contributed by atoms with E-state index in [1.807, 2.05) is 16.7 Å². The molecule has 1 aromatic carbocycles. The van der Waals surface area contributed by atoms with Gasteiger partial charge in [0.2, 0.25) is 5.91 Å². The van der Waals surface area contributed by atoms with Gasteiger partial charge in [0, 0.05) is 44.8 Å². The minimum Gasteiger partial charge on any atom is -0.391 e. The van der Waals surface area contributed by atoms with Crippen LogP contribution in [0.4, 0.5) is 18.9 Å². The Labute approximate surface area is 196 Å². The lowest BCUT2D eigenvalue weighted by Crippen LogP contribution is -2.58. The van der Waals surface area contributed by atoms with Crippen LogP contribution in [-0.4, -0.2) is 77.0 Å². The molecule has 0 aromatic heterocycles. The van der Waals surface area contributed by atoms with E-state index in [9.17, 15) is 28.2 Å². The van der Waals surface area contributed by atoms with Crippen LogP contribution in [0.2, 0.25) is 5.02 Å². The first-order chi connectivity index (χ1) is 15.5. The molecule has 1 amide bonds. The minimum atomic E-state index is -4.51. The van der Waals surface area contributed by atoms with Crippen molar-refractivity contribution in [3.05, 3.63) is 28.8 Å². The van der Waals surface area contributed by atoms with Crippen LogP contribution in [0.25, 0.3) is 0 Å². The van der Waals surface area contributed by atoms with E-state index in [-0.39, 0.29) is 22.4 Å². The molecule has 33 heavy (non-hydrogen) atoms. The molecule has 1 saturated carbocycles. The third kappa shape index (κ3) is 5.11. The number of halogens is 4. The Morgan fingerprint density at radius 2 is 1.91 bits per heavy atom. The van der Waals surface area contributed by atoms with E-state index in [4.69, 9.17) is 11.6 Å². The number of piperidine rings is 1. The summed E-state index contributed by atoms with van der Waals surface area (Å²) < 4.78 is 38.9. The van der Waals surface area contributed by atoms with Crippen LogP contribution in [-0.2, 0) is 11.0 Å². The van der Waals surface area contributed by atoms with Gasteiger partial charge in [0.1, 0.15) is 6.23 Å². The Bertz CT molecular complexity index is 880. The number of β-amino-alcohol motifs (C(OH)–C–C–N with tert-alkyl or cyclic N) is 1. The van der Waals surface area contributed by atoms with E-state index >= 15 is 0 Å². The zero-order valence-corrected chi connectivity index (χ0v) is 19.4. The monoisotopic (exact) mass is 489 g/mol. The summed E-state index contributed by atoms with van der Waals surface area (Å²) in [7, 11) is 0. The predicted molar refractivity (Wildman–Crippen MR) is 119 cm³/mol. The summed E-state index contributed by atoms with van der Waals surface area (Å²) in [5.74, 6) is 0.0325. The van der Waals surface area contributed by atoms with E-state index in [0.29, 0.717) is 51.3 Å². The Kier molecular flexibility index (Phi) is 6.88. The highest BCUT2D eigenvalue weighted by Crippen LogP contribution is 2.53. The maximum Gasteiger partial charge on any atom is 0.417 e. The summed E-state index contributed by atoms with van der Waals surface area (Å²) in [5.41, 5.74) is -0.280. The van der Waals surface area contributed by atoms with Crippen LogP contribution >= 0.6 is 11.6 Å². The molecule has 1 aliphatic carbocycles. The number of carbonyl (C=O) groups is 1. The van der Waals surface area contributed by atoms with Crippen molar-refractivity contribution < 1.29 is 28.2 Å². The van der Waals surface area contributed by atoms with E-state index in [1.165, 1.54) is 12.1 Å². The number of piperazine rings is 1. The van der Waals surface area contributed by atoms with Crippen molar-refractivity contribution in [2.75, 3.05) is 37.6 Å². The first-order valence-electron chi connectivity index (χ1n) is 11.5. The van der Waals surface area contributed by atoms with E-state index in [1.54, 1.807) is 4.90 Å². The number of aliphatic hydroxyl groups excluding tert-OH is 2. The summed E-state index contributed by atoms with van der Waals surface area (Å²) >= 11 is 5.87. The van der Waals surface area contributed by atoms with Gasteiger partial charge in [-0.2, -0.15) is 13.2 Å². The third-order valence-corrected chi connectivity index (χ3v) is 7.89. The molecule has 2 saturated heterocycles. The molecule has 184 valence electrons. The molecule has 3 atom stereocenters. The van der Waals surface area contributed by atoms with Gasteiger partial charge in [0.05, 0.1) is 22.7 Å². The van der Waals surface area contributed by atoms with Gasteiger partial charge in [-0.3, -0.25) is 9.69 Å². The molecule has 10 heteroatoms. The first-order valence-corrected chi connectivity index (χ1v) is 11.9. The van der Waals surface area contributed by atoms with Gasteiger partial charge in [-0.05, 0) is 56.2 Å². The number of alkyl halides is 3. The summed E-state index contributed by atoms with van der Waals surface area (Å²) in [6.07, 6.45) is -1.84. The second-order valence-electron chi connectivity index (χ2n) is 9.62. The van der Waals surface area contributed by atoms with Crippen molar-refractivity contribution in [1.29, 1.82) is 0 Å². The Morgan fingerprint density at radius 3 is 2.52 bits per heavy atom. The van der Waals surface area contributed by atoms with Crippen molar-refractivity contribution in [3.63, 3.8) is 0 Å². The van der Waals surface area contributed by atoms with Gasteiger partial charge in [-0.1, -0.05) is 11.6 Å². The highest BCUT2D eigenvalue weighted by molar-refractivity contribution is 6.31. The van der Waals surface area contributed by atoms with Crippen LogP contribution in [0.1, 0.15) is 44.6 Å². The van der Waals surface area contributed by atoms with Crippen molar-refractivity contribution in [1.82, 2.24) is 9.80 Å². The van der Waals surface area contributed by atoms with Crippen molar-refractivity contribution in [2.45, 2.75) is 63.6 Å². The fourth-order valence-electron chi connectivity index (χ4n) is 5.14. The fraction of sp³-hybridized carbons (Fsp3) is 0.696. The average molecular weight is 490 g/mol. The second-order valence-corrected chi connectivity index (χ2v) is 10.0. The Balaban J connectivity index is 1.27. The lowest BCUT2D eigenvalue weighted by Gasteiger charge is -2.45. The maximum atomic E-state index is 13.0. The lowest BCUT2D eigenvalue weighted by atomic mass is 9.90. The van der Waals surface area contributed by atoms with Crippen LogP contribution in [0.5, 0.6) is 0 Å². The number of benzene rings is 1. The number of hydrogen-bond donors (Lipinski definition) is 2.